The first kappa shape index (κ1) is 17.1. The summed E-state index contributed by atoms with van der Waals surface area (Å²) in [5.41, 5.74) is 2.67. The van der Waals surface area contributed by atoms with Gasteiger partial charge >= 0.3 is 0 Å². The molecule has 1 aromatic carbocycles. The average molecular weight is 412 g/mol. The molecule has 0 saturated heterocycles. The third kappa shape index (κ3) is 3.44. The lowest BCUT2D eigenvalue weighted by molar-refractivity contribution is 0.914. The van der Waals surface area contributed by atoms with Crippen LogP contribution in [0.5, 0.6) is 0 Å². The molecular weight excluding hydrogens is 394 g/mol. The number of nitrogens with zero attached hydrogens (tertiary/aromatic N) is 4. The van der Waals surface area contributed by atoms with E-state index in [0.717, 1.165) is 38.1 Å². The summed E-state index contributed by atoms with van der Waals surface area (Å²) in [6.45, 7) is 2.70. The molecule has 3 aromatic heterocycles. The molecule has 3 heterocycles. The van der Waals surface area contributed by atoms with Gasteiger partial charge in [0, 0.05) is 16.8 Å². The van der Waals surface area contributed by atoms with Crippen molar-refractivity contribution in [1.29, 1.82) is 0 Å². The van der Waals surface area contributed by atoms with Crippen LogP contribution in [0.4, 0.5) is 5.13 Å². The van der Waals surface area contributed by atoms with E-state index in [-0.39, 0.29) is 0 Å². The Hall–Kier alpha value is -2.03. The summed E-state index contributed by atoms with van der Waals surface area (Å²) in [7, 11) is 0. The van der Waals surface area contributed by atoms with Gasteiger partial charge in [-0.2, -0.15) is 0 Å². The monoisotopic (exact) mass is 411 g/mol. The number of aryl methyl sites for hydroxylation is 3. The van der Waals surface area contributed by atoms with Crippen molar-refractivity contribution in [3.8, 4) is 0 Å². The molecule has 5 nitrogen and oxygen atoms in total. The number of hydrogen-bond acceptors (Lipinski definition) is 8. The third-order valence-corrected chi connectivity index (χ3v) is 7.63. The highest BCUT2D eigenvalue weighted by molar-refractivity contribution is 8.01. The number of hydrogen-bond donors (Lipinski definition) is 1. The molecule has 1 aliphatic rings. The molecule has 1 aliphatic carbocycles. The second kappa shape index (κ2) is 7.18. The van der Waals surface area contributed by atoms with Gasteiger partial charge in [0.05, 0.1) is 0 Å². The molecule has 0 saturated carbocycles. The van der Waals surface area contributed by atoms with E-state index in [1.54, 1.807) is 23.1 Å². The maximum absolute atomic E-state index is 4.73. The molecule has 136 valence electrons. The fourth-order valence-corrected chi connectivity index (χ4v) is 6.55. The van der Waals surface area contributed by atoms with Crippen LogP contribution in [-0.2, 0) is 19.4 Å². The van der Waals surface area contributed by atoms with E-state index in [4.69, 9.17) is 4.98 Å². The number of nitrogens with one attached hydrogen (secondary N) is 1. The predicted octanol–water partition coefficient (Wildman–Crippen LogP) is 5.10. The van der Waals surface area contributed by atoms with E-state index in [1.165, 1.54) is 34.2 Å². The highest BCUT2D eigenvalue weighted by Crippen LogP contribution is 2.42. The van der Waals surface area contributed by atoms with Crippen molar-refractivity contribution in [3.05, 3.63) is 52.2 Å². The molecular formula is C19H17N5S3. The smallest absolute Gasteiger partial charge is 0.206 e. The summed E-state index contributed by atoms with van der Waals surface area (Å²) in [5.74, 6) is 0.817. The fraction of sp³-hybridized carbons (Fsp3) is 0.263. The van der Waals surface area contributed by atoms with Crippen LogP contribution in [0.25, 0.3) is 10.2 Å². The van der Waals surface area contributed by atoms with Gasteiger partial charge in [0.15, 0.2) is 4.34 Å². The second-order valence-electron chi connectivity index (χ2n) is 6.43. The Kier molecular flexibility index (Phi) is 4.55. The SMILES string of the molecule is Cc1nc(Sc2nnc(NCc3ccccc3)s2)c2c3c(sc2n1)CCC3. The van der Waals surface area contributed by atoms with Gasteiger partial charge in [-0.05, 0) is 49.1 Å². The maximum atomic E-state index is 4.73. The number of rotatable bonds is 5. The Morgan fingerprint density at radius 3 is 2.85 bits per heavy atom. The van der Waals surface area contributed by atoms with E-state index in [0.29, 0.717) is 0 Å². The lowest BCUT2D eigenvalue weighted by atomic mass is 10.2. The first-order valence-electron chi connectivity index (χ1n) is 8.84. The van der Waals surface area contributed by atoms with E-state index in [2.05, 4.69) is 32.6 Å². The van der Waals surface area contributed by atoms with Crippen molar-refractivity contribution >= 4 is 49.8 Å². The van der Waals surface area contributed by atoms with Crippen molar-refractivity contribution in [2.45, 2.75) is 42.1 Å². The minimum absolute atomic E-state index is 0.745. The number of thiophene rings is 1. The molecule has 0 unspecified atom stereocenters. The molecule has 0 radical (unpaired) electrons. The van der Waals surface area contributed by atoms with Gasteiger partial charge in [0.2, 0.25) is 5.13 Å². The zero-order valence-corrected chi connectivity index (χ0v) is 17.2. The van der Waals surface area contributed by atoms with Gasteiger partial charge < -0.3 is 5.32 Å². The van der Waals surface area contributed by atoms with E-state index < -0.39 is 0 Å². The molecule has 0 atom stereocenters. The summed E-state index contributed by atoms with van der Waals surface area (Å²) in [6.07, 6.45) is 3.54. The van der Waals surface area contributed by atoms with Crippen molar-refractivity contribution in [2.24, 2.45) is 0 Å². The number of anilines is 1. The summed E-state index contributed by atoms with van der Waals surface area (Å²) >= 11 is 5.00. The minimum Gasteiger partial charge on any atom is -0.356 e. The topological polar surface area (TPSA) is 63.6 Å². The van der Waals surface area contributed by atoms with Crippen LogP contribution in [0.2, 0.25) is 0 Å². The van der Waals surface area contributed by atoms with Crippen LogP contribution in [-0.4, -0.2) is 20.2 Å². The number of fused-ring (bicyclic) bond motifs is 3. The molecule has 1 N–H and O–H groups in total. The van der Waals surface area contributed by atoms with Crippen LogP contribution >= 0.6 is 34.4 Å². The van der Waals surface area contributed by atoms with Gasteiger partial charge in [-0.15, -0.1) is 21.5 Å². The van der Waals surface area contributed by atoms with E-state index in [9.17, 15) is 0 Å². The van der Waals surface area contributed by atoms with Gasteiger partial charge in [-0.25, -0.2) is 9.97 Å². The van der Waals surface area contributed by atoms with Gasteiger partial charge in [-0.1, -0.05) is 41.7 Å². The summed E-state index contributed by atoms with van der Waals surface area (Å²) in [4.78, 5) is 12.0. The van der Waals surface area contributed by atoms with Crippen LogP contribution in [0.3, 0.4) is 0 Å². The normalized spacial score (nSPS) is 13.2. The van der Waals surface area contributed by atoms with Crippen molar-refractivity contribution in [3.63, 3.8) is 0 Å². The molecule has 27 heavy (non-hydrogen) atoms. The Bertz CT molecular complexity index is 1100. The van der Waals surface area contributed by atoms with Crippen LogP contribution in [0.1, 0.15) is 28.2 Å². The molecule has 8 heteroatoms. The molecule has 0 spiro atoms. The summed E-state index contributed by atoms with van der Waals surface area (Å²) in [5, 5.41) is 15.1. The predicted molar refractivity (Wildman–Crippen MR) is 112 cm³/mol. The van der Waals surface area contributed by atoms with Crippen molar-refractivity contribution < 1.29 is 0 Å². The Labute approximate surface area is 169 Å². The third-order valence-electron chi connectivity index (χ3n) is 4.52. The first-order chi connectivity index (χ1) is 13.3. The van der Waals surface area contributed by atoms with E-state index in [1.807, 2.05) is 36.5 Å². The molecule has 0 aliphatic heterocycles. The number of aromatic nitrogens is 4. The molecule has 4 aromatic rings. The maximum Gasteiger partial charge on any atom is 0.206 e. The molecule has 0 bridgehead atoms. The van der Waals surface area contributed by atoms with Crippen molar-refractivity contribution in [1.82, 2.24) is 20.2 Å². The Morgan fingerprint density at radius 2 is 1.96 bits per heavy atom. The zero-order chi connectivity index (χ0) is 18.2. The summed E-state index contributed by atoms with van der Waals surface area (Å²) < 4.78 is 0.905. The van der Waals surface area contributed by atoms with Gasteiger partial charge in [-0.3, -0.25) is 0 Å². The Morgan fingerprint density at radius 1 is 1.07 bits per heavy atom. The second-order valence-corrected chi connectivity index (χ2v) is 9.72. The Balaban J connectivity index is 1.39. The summed E-state index contributed by atoms with van der Waals surface area (Å²) in [6, 6.07) is 10.3. The quantitative estimate of drug-likeness (QED) is 0.461. The lowest BCUT2D eigenvalue weighted by Gasteiger charge is -2.03. The first-order valence-corrected chi connectivity index (χ1v) is 11.3. The van der Waals surface area contributed by atoms with Crippen molar-refractivity contribution in [2.75, 3.05) is 5.32 Å². The van der Waals surface area contributed by atoms with Crippen LogP contribution in [0.15, 0.2) is 39.7 Å². The largest absolute Gasteiger partial charge is 0.356 e. The number of benzene rings is 1. The highest BCUT2D eigenvalue weighted by Gasteiger charge is 2.23. The van der Waals surface area contributed by atoms with Gasteiger partial charge in [0.1, 0.15) is 15.7 Å². The molecule has 5 rings (SSSR count). The van der Waals surface area contributed by atoms with Gasteiger partial charge in [0.25, 0.3) is 0 Å². The standard InChI is InChI=1S/C19H17N5S3/c1-11-21-16-15(13-8-5-9-14(13)25-16)17(22-11)26-19-24-23-18(27-19)20-10-12-6-3-2-4-7-12/h2-4,6-7H,5,8-10H2,1H3,(H,20,23). The molecule has 0 fully saturated rings. The zero-order valence-electron chi connectivity index (χ0n) is 14.7. The fourth-order valence-electron chi connectivity index (χ4n) is 3.32. The molecule has 0 amide bonds. The highest BCUT2D eigenvalue weighted by atomic mass is 32.2. The van der Waals surface area contributed by atoms with Crippen LogP contribution in [0, 0.1) is 6.92 Å². The van der Waals surface area contributed by atoms with Crippen LogP contribution < -0.4 is 5.32 Å². The minimum atomic E-state index is 0.745. The lowest BCUT2D eigenvalue weighted by Crippen LogP contribution is -1.98. The van der Waals surface area contributed by atoms with E-state index >= 15 is 0 Å². The average Bonchev–Trinajstić information content (AvgIpc) is 3.36.